The molecule has 0 fully saturated rings. The number of carbonyl (C=O) groups excluding carboxylic acids is 1. The van der Waals surface area contributed by atoms with Gasteiger partial charge in [-0.25, -0.2) is 17.9 Å². The van der Waals surface area contributed by atoms with Crippen LogP contribution < -0.4 is 5.73 Å². The molecular formula is C13H15N3O4S. The summed E-state index contributed by atoms with van der Waals surface area (Å²) in [6.07, 6.45) is 1.11. The Bertz CT molecular complexity index is 780. The van der Waals surface area contributed by atoms with Gasteiger partial charge in [0.2, 0.25) is 0 Å². The van der Waals surface area contributed by atoms with Gasteiger partial charge in [-0.15, -0.1) is 0 Å². The zero-order valence-electron chi connectivity index (χ0n) is 11.6. The maximum absolute atomic E-state index is 11.6. The van der Waals surface area contributed by atoms with Gasteiger partial charge in [0.25, 0.3) is 0 Å². The van der Waals surface area contributed by atoms with E-state index < -0.39 is 15.8 Å². The van der Waals surface area contributed by atoms with Crippen molar-refractivity contribution >= 4 is 21.6 Å². The molecule has 7 nitrogen and oxygen atoms in total. The van der Waals surface area contributed by atoms with Crippen LogP contribution in [-0.4, -0.2) is 37.0 Å². The molecule has 0 bridgehead atoms. The first kappa shape index (κ1) is 15.0. The zero-order chi connectivity index (χ0) is 15.6. The van der Waals surface area contributed by atoms with Crippen LogP contribution in [0.5, 0.6) is 0 Å². The molecule has 2 N–H and O–H groups in total. The van der Waals surface area contributed by atoms with Gasteiger partial charge < -0.3 is 10.5 Å². The second kappa shape index (κ2) is 5.57. The summed E-state index contributed by atoms with van der Waals surface area (Å²) in [6, 6.07) is 7.52. The number of hydrogen-bond acceptors (Lipinski definition) is 6. The summed E-state index contributed by atoms with van der Waals surface area (Å²) in [5.41, 5.74) is 6.33. The summed E-state index contributed by atoms with van der Waals surface area (Å²) in [7, 11) is -3.34. The molecule has 8 heteroatoms. The standard InChI is InChI=1S/C13H15N3O4S/c1-3-20-13(17)11-8-12(14)16(15-11)9-5-4-6-10(7-9)21(2,18)19/h4-8H,3,14H2,1-2H3. The first-order valence-corrected chi connectivity index (χ1v) is 8.05. The topological polar surface area (TPSA) is 104 Å². The third-order valence-electron chi connectivity index (χ3n) is 2.71. The van der Waals surface area contributed by atoms with E-state index in [-0.39, 0.29) is 23.0 Å². The Balaban J connectivity index is 2.46. The van der Waals surface area contributed by atoms with Gasteiger partial charge in [-0.2, -0.15) is 5.10 Å². The van der Waals surface area contributed by atoms with Crippen molar-refractivity contribution in [2.24, 2.45) is 0 Å². The first-order valence-electron chi connectivity index (χ1n) is 6.16. The average Bonchev–Trinajstić information content (AvgIpc) is 2.80. The Labute approximate surface area is 122 Å². The first-order chi connectivity index (χ1) is 9.82. The molecule has 112 valence electrons. The number of ether oxygens (including phenoxy) is 1. The number of nitrogens with two attached hydrogens (primary N) is 1. The number of rotatable bonds is 4. The summed E-state index contributed by atoms with van der Waals surface area (Å²) < 4.78 is 29.3. The van der Waals surface area contributed by atoms with Gasteiger partial charge >= 0.3 is 5.97 Å². The normalized spacial score (nSPS) is 11.3. The van der Waals surface area contributed by atoms with Crippen molar-refractivity contribution in [3.8, 4) is 5.69 Å². The minimum Gasteiger partial charge on any atom is -0.461 e. The fourth-order valence-electron chi connectivity index (χ4n) is 1.75. The van der Waals surface area contributed by atoms with Crippen LogP contribution in [0.3, 0.4) is 0 Å². The smallest absolute Gasteiger partial charge is 0.358 e. The van der Waals surface area contributed by atoms with Crippen LogP contribution in [0.4, 0.5) is 5.82 Å². The molecule has 0 unspecified atom stereocenters. The highest BCUT2D eigenvalue weighted by atomic mass is 32.2. The minimum atomic E-state index is -3.34. The summed E-state index contributed by atoms with van der Waals surface area (Å²) in [6.45, 7) is 1.92. The number of aromatic nitrogens is 2. The summed E-state index contributed by atoms with van der Waals surface area (Å²) >= 11 is 0. The number of carbonyl (C=O) groups is 1. The second-order valence-electron chi connectivity index (χ2n) is 4.36. The van der Waals surface area contributed by atoms with Crippen LogP contribution in [0.1, 0.15) is 17.4 Å². The molecule has 1 aromatic carbocycles. The van der Waals surface area contributed by atoms with Crippen LogP contribution in [-0.2, 0) is 14.6 Å². The molecule has 1 heterocycles. The summed E-state index contributed by atoms with van der Waals surface area (Å²) in [4.78, 5) is 11.8. The molecule has 21 heavy (non-hydrogen) atoms. The van der Waals surface area contributed by atoms with Gasteiger partial charge in [-0.1, -0.05) is 6.07 Å². The Morgan fingerprint density at radius 2 is 2.10 bits per heavy atom. The van der Waals surface area contributed by atoms with Gasteiger partial charge in [0.1, 0.15) is 5.82 Å². The monoisotopic (exact) mass is 309 g/mol. The second-order valence-corrected chi connectivity index (χ2v) is 6.37. The van der Waals surface area contributed by atoms with Gasteiger partial charge in [-0.05, 0) is 25.1 Å². The SMILES string of the molecule is CCOC(=O)c1cc(N)n(-c2cccc(S(C)(=O)=O)c2)n1. The van der Waals surface area contributed by atoms with Crippen molar-refractivity contribution in [1.29, 1.82) is 0 Å². The lowest BCUT2D eigenvalue weighted by Gasteiger charge is -2.05. The molecule has 0 aliphatic carbocycles. The molecule has 0 atom stereocenters. The maximum atomic E-state index is 11.6. The molecule has 0 aliphatic heterocycles. The maximum Gasteiger partial charge on any atom is 0.358 e. The predicted octanol–water partition coefficient (Wildman–Crippen LogP) is 1.03. The van der Waals surface area contributed by atoms with E-state index in [1.165, 1.54) is 22.9 Å². The molecular weight excluding hydrogens is 294 g/mol. The van der Waals surface area contributed by atoms with Crippen molar-refractivity contribution in [2.75, 3.05) is 18.6 Å². The fourth-order valence-corrected chi connectivity index (χ4v) is 2.41. The number of sulfone groups is 1. The Morgan fingerprint density at radius 1 is 1.38 bits per heavy atom. The molecule has 2 aromatic rings. The molecule has 0 aliphatic rings. The third-order valence-corrected chi connectivity index (χ3v) is 3.82. The number of esters is 1. The molecule has 0 saturated carbocycles. The van der Waals surface area contributed by atoms with E-state index in [4.69, 9.17) is 10.5 Å². The molecule has 2 rings (SSSR count). The van der Waals surface area contributed by atoms with Gasteiger partial charge in [0.15, 0.2) is 15.5 Å². The third kappa shape index (κ3) is 3.22. The molecule has 0 saturated heterocycles. The quantitative estimate of drug-likeness (QED) is 0.846. The van der Waals surface area contributed by atoms with E-state index in [0.29, 0.717) is 5.69 Å². The highest BCUT2D eigenvalue weighted by molar-refractivity contribution is 7.90. The lowest BCUT2D eigenvalue weighted by atomic mass is 10.3. The van der Waals surface area contributed by atoms with E-state index >= 15 is 0 Å². The van der Waals surface area contributed by atoms with Gasteiger partial charge in [0.05, 0.1) is 17.2 Å². The fraction of sp³-hybridized carbons (Fsp3) is 0.231. The van der Waals surface area contributed by atoms with Crippen LogP contribution in [0.25, 0.3) is 5.69 Å². The zero-order valence-corrected chi connectivity index (χ0v) is 12.4. The van der Waals surface area contributed by atoms with E-state index in [1.54, 1.807) is 19.1 Å². The summed E-state index contributed by atoms with van der Waals surface area (Å²) in [5.74, 6) is -0.370. The average molecular weight is 309 g/mol. The molecule has 0 radical (unpaired) electrons. The van der Waals surface area contributed by atoms with Gasteiger partial charge in [0, 0.05) is 12.3 Å². The number of hydrogen-bond donors (Lipinski definition) is 1. The van der Waals surface area contributed by atoms with Crippen LogP contribution in [0.15, 0.2) is 35.2 Å². The van der Waals surface area contributed by atoms with Crippen molar-refractivity contribution in [3.05, 3.63) is 36.0 Å². The number of nitrogens with zero attached hydrogens (tertiary/aromatic N) is 2. The number of benzene rings is 1. The molecule has 0 amide bonds. The van der Waals surface area contributed by atoms with Crippen molar-refractivity contribution < 1.29 is 17.9 Å². The van der Waals surface area contributed by atoms with Crippen LogP contribution in [0.2, 0.25) is 0 Å². The van der Waals surface area contributed by atoms with E-state index in [0.717, 1.165) is 6.26 Å². The Morgan fingerprint density at radius 3 is 2.71 bits per heavy atom. The van der Waals surface area contributed by atoms with Crippen molar-refractivity contribution in [1.82, 2.24) is 9.78 Å². The Hall–Kier alpha value is -2.35. The Kier molecular flexibility index (Phi) is 3.99. The molecule has 0 spiro atoms. The minimum absolute atomic E-state index is 0.0686. The highest BCUT2D eigenvalue weighted by Crippen LogP contribution is 2.18. The predicted molar refractivity (Wildman–Crippen MR) is 77.0 cm³/mol. The van der Waals surface area contributed by atoms with E-state index in [2.05, 4.69) is 5.10 Å². The van der Waals surface area contributed by atoms with Crippen LogP contribution >= 0.6 is 0 Å². The number of nitrogen functional groups attached to an aromatic ring is 1. The lowest BCUT2D eigenvalue weighted by molar-refractivity contribution is 0.0519. The largest absolute Gasteiger partial charge is 0.461 e. The lowest BCUT2D eigenvalue weighted by Crippen LogP contribution is -2.07. The van der Waals surface area contributed by atoms with Crippen LogP contribution in [0, 0.1) is 0 Å². The van der Waals surface area contributed by atoms with Crippen molar-refractivity contribution in [2.45, 2.75) is 11.8 Å². The molecule has 1 aromatic heterocycles. The van der Waals surface area contributed by atoms with E-state index in [1.807, 2.05) is 0 Å². The van der Waals surface area contributed by atoms with E-state index in [9.17, 15) is 13.2 Å². The van der Waals surface area contributed by atoms with Gasteiger partial charge in [-0.3, -0.25) is 0 Å². The van der Waals surface area contributed by atoms with Crippen molar-refractivity contribution in [3.63, 3.8) is 0 Å². The highest BCUT2D eigenvalue weighted by Gasteiger charge is 2.16. The number of anilines is 1. The summed E-state index contributed by atoms with van der Waals surface area (Å²) in [5, 5.41) is 4.04.